The van der Waals surface area contributed by atoms with Crippen LogP contribution in [0.3, 0.4) is 0 Å². The van der Waals surface area contributed by atoms with Gasteiger partial charge in [0.2, 0.25) is 0 Å². The largest absolute Gasteiger partial charge is 0.323 e. The standard InChI is InChI=1S/C17H16ClN5O2/c1-9-4-5-13(12(18)6-9)22-17(25)15(11(3)24)23-8-21-14-10(2)19-7-20-16(14)23/h4-8,15H,1-3H3,(H,22,25). The van der Waals surface area contributed by atoms with E-state index in [1.807, 2.05) is 13.0 Å². The van der Waals surface area contributed by atoms with Gasteiger partial charge in [0.15, 0.2) is 17.5 Å². The summed E-state index contributed by atoms with van der Waals surface area (Å²) in [6.45, 7) is 5.03. The third kappa shape index (κ3) is 3.23. The molecule has 0 aliphatic rings. The molecule has 0 saturated carbocycles. The van der Waals surface area contributed by atoms with Crippen molar-refractivity contribution in [1.29, 1.82) is 0 Å². The van der Waals surface area contributed by atoms with Crippen molar-refractivity contribution in [3.63, 3.8) is 0 Å². The number of hydrogen-bond donors (Lipinski definition) is 1. The molecule has 3 rings (SSSR count). The molecule has 0 spiro atoms. The molecule has 0 saturated heterocycles. The maximum absolute atomic E-state index is 12.7. The number of hydrogen-bond acceptors (Lipinski definition) is 5. The number of rotatable bonds is 4. The SMILES string of the molecule is CC(=O)C(C(=O)Nc1ccc(C)cc1Cl)n1cnc2c(C)ncnc21. The second-order valence-electron chi connectivity index (χ2n) is 5.77. The minimum Gasteiger partial charge on any atom is -0.323 e. The fourth-order valence-corrected chi connectivity index (χ4v) is 2.87. The van der Waals surface area contributed by atoms with E-state index in [0.717, 1.165) is 5.56 Å². The molecule has 2 heterocycles. The van der Waals surface area contributed by atoms with Gasteiger partial charge in [0, 0.05) is 0 Å². The summed E-state index contributed by atoms with van der Waals surface area (Å²) in [4.78, 5) is 37.3. The lowest BCUT2D eigenvalue weighted by Gasteiger charge is -2.16. The Morgan fingerprint density at radius 1 is 1.20 bits per heavy atom. The highest BCUT2D eigenvalue weighted by Crippen LogP contribution is 2.25. The van der Waals surface area contributed by atoms with E-state index < -0.39 is 11.9 Å². The fraction of sp³-hybridized carbons (Fsp3) is 0.235. The Hall–Kier alpha value is -2.80. The van der Waals surface area contributed by atoms with Crippen molar-refractivity contribution in [1.82, 2.24) is 19.5 Å². The number of nitrogens with zero attached hydrogens (tertiary/aromatic N) is 4. The van der Waals surface area contributed by atoms with Crippen molar-refractivity contribution in [2.45, 2.75) is 26.8 Å². The zero-order chi connectivity index (χ0) is 18.1. The van der Waals surface area contributed by atoms with Crippen LogP contribution >= 0.6 is 11.6 Å². The monoisotopic (exact) mass is 357 g/mol. The van der Waals surface area contributed by atoms with Crippen molar-refractivity contribution in [3.8, 4) is 0 Å². The van der Waals surface area contributed by atoms with E-state index in [1.54, 1.807) is 19.1 Å². The van der Waals surface area contributed by atoms with Crippen molar-refractivity contribution in [3.05, 3.63) is 47.1 Å². The van der Waals surface area contributed by atoms with Crippen LogP contribution in [0.1, 0.15) is 24.2 Å². The van der Waals surface area contributed by atoms with Gasteiger partial charge < -0.3 is 5.32 Å². The lowest BCUT2D eigenvalue weighted by molar-refractivity contribution is -0.128. The highest BCUT2D eigenvalue weighted by molar-refractivity contribution is 6.34. The van der Waals surface area contributed by atoms with Crippen molar-refractivity contribution < 1.29 is 9.59 Å². The summed E-state index contributed by atoms with van der Waals surface area (Å²) in [5.41, 5.74) is 3.07. The Labute approximate surface area is 149 Å². The first-order valence-corrected chi connectivity index (χ1v) is 7.98. The van der Waals surface area contributed by atoms with Crippen LogP contribution in [-0.2, 0) is 9.59 Å². The molecule has 2 aromatic heterocycles. The van der Waals surface area contributed by atoms with Gasteiger partial charge in [0.05, 0.1) is 22.7 Å². The van der Waals surface area contributed by atoms with Gasteiger partial charge in [-0.1, -0.05) is 17.7 Å². The number of amides is 1. The number of benzene rings is 1. The molecular weight excluding hydrogens is 342 g/mol. The Kier molecular flexibility index (Phi) is 4.50. The van der Waals surface area contributed by atoms with E-state index in [2.05, 4.69) is 20.3 Å². The van der Waals surface area contributed by atoms with Crippen molar-refractivity contribution in [2.24, 2.45) is 0 Å². The van der Waals surface area contributed by atoms with Gasteiger partial charge in [0.1, 0.15) is 11.8 Å². The maximum atomic E-state index is 12.7. The van der Waals surface area contributed by atoms with Crippen LogP contribution in [0, 0.1) is 13.8 Å². The number of imidazole rings is 1. The van der Waals surface area contributed by atoms with E-state index in [9.17, 15) is 9.59 Å². The van der Waals surface area contributed by atoms with Gasteiger partial charge in [-0.3, -0.25) is 14.2 Å². The zero-order valence-electron chi connectivity index (χ0n) is 13.9. The average Bonchev–Trinajstić information content (AvgIpc) is 2.95. The molecule has 3 aromatic rings. The van der Waals surface area contributed by atoms with Crippen LogP contribution in [0.5, 0.6) is 0 Å². The highest BCUT2D eigenvalue weighted by atomic mass is 35.5. The number of ketones is 1. The van der Waals surface area contributed by atoms with Gasteiger partial charge in [-0.2, -0.15) is 0 Å². The average molecular weight is 358 g/mol. The van der Waals surface area contributed by atoms with Crippen LogP contribution in [0.4, 0.5) is 5.69 Å². The minimum atomic E-state index is -1.10. The van der Waals surface area contributed by atoms with Crippen LogP contribution in [0.2, 0.25) is 5.02 Å². The van der Waals surface area contributed by atoms with E-state index >= 15 is 0 Å². The molecule has 0 radical (unpaired) electrons. The summed E-state index contributed by atoms with van der Waals surface area (Å²) in [6, 6.07) is 4.17. The summed E-state index contributed by atoms with van der Waals surface area (Å²) in [5, 5.41) is 3.11. The smallest absolute Gasteiger partial charge is 0.255 e. The lowest BCUT2D eigenvalue weighted by Crippen LogP contribution is -2.31. The molecule has 7 nitrogen and oxygen atoms in total. The summed E-state index contributed by atoms with van der Waals surface area (Å²) in [5.74, 6) is -0.842. The normalized spacial score (nSPS) is 12.2. The molecule has 128 valence electrons. The van der Waals surface area contributed by atoms with Gasteiger partial charge in [-0.15, -0.1) is 0 Å². The number of aryl methyl sites for hydroxylation is 2. The number of nitrogens with one attached hydrogen (secondary N) is 1. The van der Waals surface area contributed by atoms with E-state index in [4.69, 9.17) is 11.6 Å². The molecule has 8 heteroatoms. The molecule has 1 N–H and O–H groups in total. The quantitative estimate of drug-likeness (QED) is 0.725. The first kappa shape index (κ1) is 17.0. The Bertz CT molecular complexity index is 982. The highest BCUT2D eigenvalue weighted by Gasteiger charge is 2.28. The summed E-state index contributed by atoms with van der Waals surface area (Å²) < 4.78 is 1.45. The van der Waals surface area contributed by atoms with E-state index in [1.165, 1.54) is 24.1 Å². The number of fused-ring (bicyclic) bond motifs is 1. The molecule has 0 fully saturated rings. The first-order valence-electron chi connectivity index (χ1n) is 7.60. The molecule has 1 aromatic carbocycles. The Morgan fingerprint density at radius 3 is 2.64 bits per heavy atom. The Balaban J connectivity index is 1.99. The molecule has 25 heavy (non-hydrogen) atoms. The summed E-state index contributed by atoms with van der Waals surface area (Å²) in [7, 11) is 0. The number of carbonyl (C=O) groups is 2. The minimum absolute atomic E-state index is 0.337. The van der Waals surface area contributed by atoms with Crippen LogP contribution in [0.15, 0.2) is 30.9 Å². The maximum Gasteiger partial charge on any atom is 0.255 e. The van der Waals surface area contributed by atoms with E-state index in [0.29, 0.717) is 27.6 Å². The zero-order valence-corrected chi connectivity index (χ0v) is 14.7. The van der Waals surface area contributed by atoms with Gasteiger partial charge in [-0.25, -0.2) is 15.0 Å². The second-order valence-corrected chi connectivity index (χ2v) is 6.18. The fourth-order valence-electron chi connectivity index (χ4n) is 2.59. The topological polar surface area (TPSA) is 89.8 Å². The molecule has 1 unspecified atom stereocenters. The predicted octanol–water partition coefficient (Wildman–Crippen LogP) is 2.87. The third-order valence-corrected chi connectivity index (χ3v) is 4.15. The number of anilines is 1. The van der Waals surface area contributed by atoms with Gasteiger partial charge in [-0.05, 0) is 38.5 Å². The predicted molar refractivity (Wildman–Crippen MR) is 94.6 cm³/mol. The number of aromatic nitrogens is 4. The molecule has 0 bridgehead atoms. The number of carbonyl (C=O) groups excluding carboxylic acids is 2. The Morgan fingerprint density at radius 2 is 1.96 bits per heavy atom. The summed E-state index contributed by atoms with van der Waals surface area (Å²) in [6.07, 6.45) is 2.80. The van der Waals surface area contributed by atoms with Gasteiger partial charge >= 0.3 is 0 Å². The number of Topliss-reactive ketones (excluding diaryl/α,β-unsaturated/α-hetero) is 1. The summed E-state index contributed by atoms with van der Waals surface area (Å²) >= 11 is 6.16. The lowest BCUT2D eigenvalue weighted by atomic mass is 10.1. The number of halogens is 1. The molecule has 1 atom stereocenters. The third-order valence-electron chi connectivity index (χ3n) is 3.84. The van der Waals surface area contributed by atoms with E-state index in [-0.39, 0.29) is 5.78 Å². The molecule has 0 aliphatic heterocycles. The molecule has 1 amide bonds. The van der Waals surface area contributed by atoms with Crippen LogP contribution in [-0.4, -0.2) is 31.2 Å². The molecule has 0 aliphatic carbocycles. The van der Waals surface area contributed by atoms with Crippen molar-refractivity contribution in [2.75, 3.05) is 5.32 Å². The first-order chi connectivity index (χ1) is 11.9. The second kappa shape index (κ2) is 6.60. The van der Waals surface area contributed by atoms with Crippen molar-refractivity contribution >= 4 is 40.1 Å². The van der Waals surface area contributed by atoms with Crippen LogP contribution < -0.4 is 5.32 Å². The molecular formula is C17H16ClN5O2. The van der Waals surface area contributed by atoms with Gasteiger partial charge in [0.25, 0.3) is 5.91 Å². The van der Waals surface area contributed by atoms with Crippen LogP contribution in [0.25, 0.3) is 11.2 Å².